The van der Waals surface area contributed by atoms with E-state index >= 15 is 0 Å². The van der Waals surface area contributed by atoms with Crippen LogP contribution in [0.25, 0.3) is 0 Å². The number of hydrogen-bond donors (Lipinski definition) is 3. The molecular formula is C19H16O8. The highest BCUT2D eigenvalue weighted by Crippen LogP contribution is 2.20. The highest BCUT2D eigenvalue weighted by atomic mass is 16.5. The van der Waals surface area contributed by atoms with Gasteiger partial charge in [0.15, 0.2) is 0 Å². The maximum atomic E-state index is 11.2. The third-order valence-electron chi connectivity index (χ3n) is 3.82. The highest BCUT2D eigenvalue weighted by Gasteiger charge is 2.12. The Balaban J connectivity index is 2.16. The molecule has 0 aromatic heterocycles. The summed E-state index contributed by atoms with van der Waals surface area (Å²) >= 11 is 0. The van der Waals surface area contributed by atoms with Crippen LogP contribution < -0.4 is 4.74 Å². The van der Waals surface area contributed by atoms with Gasteiger partial charge < -0.3 is 20.1 Å². The van der Waals surface area contributed by atoms with Crippen molar-refractivity contribution in [3.63, 3.8) is 0 Å². The van der Waals surface area contributed by atoms with E-state index < -0.39 is 17.9 Å². The molecule has 140 valence electrons. The van der Waals surface area contributed by atoms with Crippen molar-refractivity contribution in [2.45, 2.75) is 19.3 Å². The SMILES string of the molecule is O=COc1cc(CCCc2cc(C(=O)O)cc(C(=O)O)c2)cc(C(=O)O)c1. The van der Waals surface area contributed by atoms with Crippen LogP contribution in [-0.2, 0) is 17.6 Å². The molecule has 2 aromatic rings. The molecule has 0 unspecified atom stereocenters. The second kappa shape index (κ2) is 8.61. The molecule has 2 rings (SSSR count). The number of carboxylic acid groups (broad SMARTS) is 3. The Morgan fingerprint density at radius 1 is 0.741 bits per heavy atom. The van der Waals surface area contributed by atoms with E-state index in [-0.39, 0.29) is 28.9 Å². The summed E-state index contributed by atoms with van der Waals surface area (Å²) in [6.07, 6.45) is 1.32. The van der Waals surface area contributed by atoms with E-state index in [1.165, 1.54) is 30.3 Å². The summed E-state index contributed by atoms with van der Waals surface area (Å²) in [7, 11) is 0. The lowest BCUT2D eigenvalue weighted by Gasteiger charge is -2.08. The second-order valence-corrected chi connectivity index (χ2v) is 5.77. The zero-order chi connectivity index (χ0) is 20.0. The molecule has 8 heteroatoms. The lowest BCUT2D eigenvalue weighted by atomic mass is 9.99. The number of carboxylic acids is 3. The van der Waals surface area contributed by atoms with Crippen LogP contribution in [0, 0.1) is 0 Å². The molecule has 0 heterocycles. The van der Waals surface area contributed by atoms with Crippen LogP contribution in [0.15, 0.2) is 36.4 Å². The van der Waals surface area contributed by atoms with Crippen LogP contribution in [-0.4, -0.2) is 39.7 Å². The Hall–Kier alpha value is -3.68. The molecule has 0 saturated carbocycles. The number of carbonyl (C=O) groups is 4. The quantitative estimate of drug-likeness (QED) is 0.571. The van der Waals surface area contributed by atoms with Gasteiger partial charge in [-0.3, -0.25) is 4.79 Å². The Morgan fingerprint density at radius 3 is 1.63 bits per heavy atom. The first kappa shape index (κ1) is 19.6. The van der Waals surface area contributed by atoms with Gasteiger partial charge in [-0.25, -0.2) is 14.4 Å². The Kier molecular flexibility index (Phi) is 6.27. The summed E-state index contributed by atoms with van der Waals surface area (Å²) in [5.74, 6) is -3.48. The predicted octanol–water partition coefficient (Wildman–Crippen LogP) is 2.49. The normalized spacial score (nSPS) is 10.2. The first-order valence-corrected chi connectivity index (χ1v) is 7.88. The van der Waals surface area contributed by atoms with Crippen LogP contribution in [0.5, 0.6) is 5.75 Å². The molecule has 0 saturated heterocycles. The summed E-state index contributed by atoms with van der Waals surface area (Å²) in [6, 6.07) is 8.13. The maximum Gasteiger partial charge on any atom is 0.335 e. The standard InChI is InChI=1S/C19H16O8/c20-10-27-16-7-12(6-15(9-16)19(25)26)3-1-2-11-4-13(17(21)22)8-14(5-11)18(23)24/h4-10H,1-3H2,(H,21,22)(H,23,24)(H,25,26). The van der Waals surface area contributed by atoms with E-state index in [9.17, 15) is 19.2 Å². The van der Waals surface area contributed by atoms with Crippen molar-refractivity contribution in [3.8, 4) is 5.75 Å². The minimum Gasteiger partial charge on any atom is -0.478 e. The summed E-state index contributed by atoms with van der Waals surface area (Å²) in [4.78, 5) is 43.9. The van der Waals surface area contributed by atoms with Gasteiger partial charge in [-0.2, -0.15) is 0 Å². The van der Waals surface area contributed by atoms with Gasteiger partial charge in [0.2, 0.25) is 0 Å². The fourth-order valence-corrected chi connectivity index (χ4v) is 2.63. The molecule has 0 bridgehead atoms. The third kappa shape index (κ3) is 5.40. The van der Waals surface area contributed by atoms with Gasteiger partial charge in [0, 0.05) is 0 Å². The maximum absolute atomic E-state index is 11.2. The molecule has 0 radical (unpaired) electrons. The molecular weight excluding hydrogens is 356 g/mol. The molecule has 0 aliphatic carbocycles. The number of carbonyl (C=O) groups excluding carboxylic acids is 1. The minimum absolute atomic E-state index is 0.0228. The van der Waals surface area contributed by atoms with Crippen molar-refractivity contribution in [2.24, 2.45) is 0 Å². The average molecular weight is 372 g/mol. The monoisotopic (exact) mass is 372 g/mol. The number of ether oxygens (including phenoxy) is 1. The summed E-state index contributed by atoms with van der Waals surface area (Å²) < 4.78 is 4.71. The van der Waals surface area contributed by atoms with E-state index in [0.29, 0.717) is 30.4 Å². The van der Waals surface area contributed by atoms with Crippen LogP contribution in [0.4, 0.5) is 0 Å². The highest BCUT2D eigenvalue weighted by molar-refractivity contribution is 5.94. The summed E-state index contributed by atoms with van der Waals surface area (Å²) in [5, 5.41) is 27.3. The van der Waals surface area contributed by atoms with Crippen molar-refractivity contribution in [1.29, 1.82) is 0 Å². The van der Waals surface area contributed by atoms with Gasteiger partial charge in [-0.1, -0.05) is 0 Å². The Bertz CT molecular complexity index is 868. The lowest BCUT2D eigenvalue weighted by molar-refractivity contribution is -0.120. The molecule has 3 N–H and O–H groups in total. The fraction of sp³-hybridized carbons (Fsp3) is 0.158. The largest absolute Gasteiger partial charge is 0.478 e. The fourth-order valence-electron chi connectivity index (χ4n) is 2.63. The van der Waals surface area contributed by atoms with E-state index in [1.54, 1.807) is 0 Å². The number of aromatic carboxylic acids is 3. The van der Waals surface area contributed by atoms with Crippen molar-refractivity contribution in [3.05, 3.63) is 64.2 Å². The predicted molar refractivity (Wildman–Crippen MR) is 92.5 cm³/mol. The zero-order valence-corrected chi connectivity index (χ0v) is 14.0. The second-order valence-electron chi connectivity index (χ2n) is 5.77. The van der Waals surface area contributed by atoms with Crippen LogP contribution in [0.1, 0.15) is 48.6 Å². The number of aryl methyl sites for hydroxylation is 2. The van der Waals surface area contributed by atoms with Crippen LogP contribution in [0.3, 0.4) is 0 Å². The molecule has 0 fully saturated rings. The molecule has 0 amide bonds. The van der Waals surface area contributed by atoms with Gasteiger partial charge in [0.25, 0.3) is 6.47 Å². The van der Waals surface area contributed by atoms with E-state index in [2.05, 4.69) is 0 Å². The number of rotatable bonds is 9. The van der Waals surface area contributed by atoms with Gasteiger partial charge in [0.1, 0.15) is 5.75 Å². The lowest BCUT2D eigenvalue weighted by Crippen LogP contribution is -2.05. The van der Waals surface area contributed by atoms with Crippen molar-refractivity contribution in [2.75, 3.05) is 0 Å². The van der Waals surface area contributed by atoms with Crippen LogP contribution >= 0.6 is 0 Å². The van der Waals surface area contributed by atoms with E-state index in [4.69, 9.17) is 20.1 Å². The van der Waals surface area contributed by atoms with E-state index in [0.717, 1.165) is 6.07 Å². The molecule has 0 spiro atoms. The van der Waals surface area contributed by atoms with Crippen molar-refractivity contribution < 1.29 is 39.2 Å². The zero-order valence-electron chi connectivity index (χ0n) is 14.0. The van der Waals surface area contributed by atoms with Gasteiger partial charge in [-0.05, 0) is 66.8 Å². The number of benzene rings is 2. The molecule has 0 aliphatic heterocycles. The number of hydrogen-bond acceptors (Lipinski definition) is 5. The molecule has 2 aromatic carbocycles. The summed E-state index contributed by atoms with van der Waals surface area (Å²) in [6.45, 7) is 0.204. The van der Waals surface area contributed by atoms with Crippen molar-refractivity contribution >= 4 is 24.4 Å². The first-order chi connectivity index (χ1) is 12.8. The molecule has 0 atom stereocenters. The average Bonchev–Trinajstić information content (AvgIpc) is 2.61. The Labute approximate surface area is 153 Å². The summed E-state index contributed by atoms with van der Waals surface area (Å²) in [5.41, 5.74) is 0.926. The Morgan fingerprint density at radius 2 is 1.19 bits per heavy atom. The molecule has 0 aliphatic rings. The van der Waals surface area contributed by atoms with Gasteiger partial charge >= 0.3 is 17.9 Å². The van der Waals surface area contributed by atoms with Gasteiger partial charge in [-0.15, -0.1) is 0 Å². The van der Waals surface area contributed by atoms with E-state index in [1.807, 2.05) is 0 Å². The third-order valence-corrected chi connectivity index (χ3v) is 3.82. The van der Waals surface area contributed by atoms with Crippen molar-refractivity contribution in [1.82, 2.24) is 0 Å². The first-order valence-electron chi connectivity index (χ1n) is 7.88. The molecule has 8 nitrogen and oxygen atoms in total. The van der Waals surface area contributed by atoms with Crippen LogP contribution in [0.2, 0.25) is 0 Å². The smallest absolute Gasteiger partial charge is 0.335 e. The molecule has 27 heavy (non-hydrogen) atoms. The van der Waals surface area contributed by atoms with Gasteiger partial charge in [0.05, 0.1) is 16.7 Å². The minimum atomic E-state index is -1.22. The topological polar surface area (TPSA) is 138 Å².